The molecule has 5 rings (SSSR count). The average molecular weight is 561 g/mol. The summed E-state index contributed by atoms with van der Waals surface area (Å²) in [6.45, 7) is 3.38. The van der Waals surface area contributed by atoms with Gasteiger partial charge in [-0.15, -0.1) is 0 Å². The van der Waals surface area contributed by atoms with Crippen molar-refractivity contribution in [3.63, 3.8) is 0 Å². The van der Waals surface area contributed by atoms with E-state index in [4.69, 9.17) is 14.6 Å². The molecule has 0 bridgehead atoms. The first-order chi connectivity index (χ1) is 20.2. The predicted octanol–water partition coefficient (Wildman–Crippen LogP) is 6.77. The number of carbonyl (C=O) groups is 2. The van der Waals surface area contributed by atoms with Crippen molar-refractivity contribution in [2.45, 2.75) is 13.8 Å². The molecule has 1 aromatic heterocycles. The van der Waals surface area contributed by atoms with Crippen LogP contribution in [0.15, 0.2) is 97.1 Å². The zero-order chi connectivity index (χ0) is 29.8. The molecule has 0 aliphatic heterocycles. The van der Waals surface area contributed by atoms with Crippen LogP contribution in [0, 0.1) is 6.92 Å². The summed E-state index contributed by atoms with van der Waals surface area (Å²) in [4.78, 5) is 27.3. The molecule has 0 aliphatic carbocycles. The number of carbonyl (C=O) groups excluding carboxylic acids is 2. The normalized spacial score (nSPS) is 10.7. The molecule has 4 aromatic carbocycles. The van der Waals surface area contributed by atoms with E-state index in [2.05, 4.69) is 5.32 Å². The van der Waals surface area contributed by atoms with Gasteiger partial charge in [-0.05, 0) is 72.6 Å². The molecule has 0 saturated carbocycles. The predicted molar refractivity (Wildman–Crippen MR) is 166 cm³/mol. The van der Waals surface area contributed by atoms with Crippen molar-refractivity contribution in [3.8, 4) is 39.7 Å². The molecule has 8 heteroatoms. The lowest BCUT2D eigenvalue weighted by Gasteiger charge is -2.14. The average Bonchev–Trinajstić information content (AvgIpc) is 3.36. The number of anilines is 2. The molecule has 212 valence electrons. The Kier molecular flexibility index (Phi) is 8.06. The summed E-state index contributed by atoms with van der Waals surface area (Å²) >= 11 is 0. The maximum absolute atomic E-state index is 12.9. The van der Waals surface area contributed by atoms with Crippen LogP contribution in [0.3, 0.4) is 0 Å². The summed E-state index contributed by atoms with van der Waals surface area (Å²) < 4.78 is 12.8. The van der Waals surface area contributed by atoms with Gasteiger partial charge in [-0.3, -0.25) is 9.59 Å². The largest absolute Gasteiger partial charge is 0.497 e. The van der Waals surface area contributed by atoms with Crippen LogP contribution in [0.5, 0.6) is 11.6 Å². The molecular formula is C34H32N4O4. The van der Waals surface area contributed by atoms with E-state index in [1.807, 2.05) is 98.7 Å². The minimum Gasteiger partial charge on any atom is -0.497 e. The minimum absolute atomic E-state index is 0.254. The molecule has 0 aliphatic rings. The second-order valence-electron chi connectivity index (χ2n) is 10.1. The van der Waals surface area contributed by atoms with Crippen molar-refractivity contribution in [1.29, 1.82) is 0 Å². The third-order valence-electron chi connectivity index (χ3n) is 6.73. The number of hydrogen-bond donors (Lipinski definition) is 1. The number of methoxy groups -OCH3 is 1. The number of ether oxygens (including phenoxy) is 2. The van der Waals surface area contributed by atoms with Gasteiger partial charge in [0.1, 0.15) is 11.4 Å². The fourth-order valence-electron chi connectivity index (χ4n) is 4.65. The quantitative estimate of drug-likeness (QED) is 0.211. The maximum Gasteiger partial charge on any atom is 0.309 e. The van der Waals surface area contributed by atoms with Gasteiger partial charge in [0.15, 0.2) is 0 Å². The summed E-state index contributed by atoms with van der Waals surface area (Å²) in [5.41, 5.74) is 6.88. The Labute approximate surface area is 245 Å². The van der Waals surface area contributed by atoms with E-state index in [1.165, 1.54) is 6.92 Å². The smallest absolute Gasteiger partial charge is 0.309 e. The van der Waals surface area contributed by atoms with E-state index < -0.39 is 5.97 Å². The van der Waals surface area contributed by atoms with E-state index in [-0.39, 0.29) is 5.91 Å². The number of esters is 1. The number of aromatic nitrogens is 2. The van der Waals surface area contributed by atoms with Gasteiger partial charge < -0.3 is 19.7 Å². The van der Waals surface area contributed by atoms with Gasteiger partial charge >= 0.3 is 5.97 Å². The summed E-state index contributed by atoms with van der Waals surface area (Å²) in [5, 5.41) is 7.92. The third-order valence-corrected chi connectivity index (χ3v) is 6.73. The van der Waals surface area contributed by atoms with Crippen molar-refractivity contribution >= 4 is 23.3 Å². The molecule has 0 atom stereocenters. The van der Waals surface area contributed by atoms with Crippen LogP contribution in [-0.4, -0.2) is 42.9 Å². The SMILES string of the molecule is COc1cccc(C(=O)Nc2ccc(-c3c(-c4cccc(N(C)C)c4)nn(-c4cccc(C)c4)c3OC(C)=O)cc2)c1. The van der Waals surface area contributed by atoms with Gasteiger partial charge in [0.25, 0.3) is 5.91 Å². The van der Waals surface area contributed by atoms with Crippen LogP contribution in [0.2, 0.25) is 0 Å². The second-order valence-corrected chi connectivity index (χ2v) is 10.1. The number of rotatable bonds is 8. The molecule has 8 nitrogen and oxygen atoms in total. The summed E-state index contributed by atoms with van der Waals surface area (Å²) in [6, 6.07) is 30.2. The fourth-order valence-corrected chi connectivity index (χ4v) is 4.65. The first-order valence-electron chi connectivity index (χ1n) is 13.5. The molecule has 0 unspecified atom stereocenters. The van der Waals surface area contributed by atoms with Crippen molar-refractivity contribution in [3.05, 3.63) is 108 Å². The Hall–Kier alpha value is -5.37. The summed E-state index contributed by atoms with van der Waals surface area (Å²) in [5.74, 6) is 0.204. The number of aryl methyl sites for hydroxylation is 1. The fraction of sp³-hybridized carbons (Fsp3) is 0.147. The van der Waals surface area contributed by atoms with Gasteiger partial charge in [-0.25, -0.2) is 0 Å². The molecule has 0 radical (unpaired) electrons. The first-order valence-corrected chi connectivity index (χ1v) is 13.5. The Balaban J connectivity index is 1.62. The molecule has 0 saturated heterocycles. The van der Waals surface area contributed by atoms with Crippen LogP contribution in [0.4, 0.5) is 11.4 Å². The molecule has 5 aromatic rings. The van der Waals surface area contributed by atoms with Crippen LogP contribution < -0.4 is 19.7 Å². The highest BCUT2D eigenvalue weighted by Gasteiger charge is 2.25. The third kappa shape index (κ3) is 6.02. The number of amides is 1. The topological polar surface area (TPSA) is 85.7 Å². The summed E-state index contributed by atoms with van der Waals surface area (Å²) in [7, 11) is 5.52. The van der Waals surface area contributed by atoms with Crippen molar-refractivity contribution in [2.75, 3.05) is 31.4 Å². The lowest BCUT2D eigenvalue weighted by Crippen LogP contribution is -2.11. The van der Waals surface area contributed by atoms with E-state index in [1.54, 1.807) is 36.1 Å². The van der Waals surface area contributed by atoms with E-state index >= 15 is 0 Å². The minimum atomic E-state index is -0.458. The standard InChI is InChI=1S/C34H32N4O4/c1-22-9-6-13-29(19-22)38-34(42-23(2)39)31(32(36-38)25-10-7-12-28(20-25)37(3)4)24-15-17-27(18-16-24)35-33(40)26-11-8-14-30(21-26)41-5/h6-21H,1-5H3,(H,35,40). The molecule has 1 N–H and O–H groups in total. The maximum atomic E-state index is 12.9. The molecule has 1 heterocycles. The van der Waals surface area contributed by atoms with Gasteiger partial charge in [0, 0.05) is 43.5 Å². The monoisotopic (exact) mass is 560 g/mol. The molecular weight excluding hydrogens is 528 g/mol. The lowest BCUT2D eigenvalue weighted by molar-refractivity contribution is -0.132. The zero-order valence-corrected chi connectivity index (χ0v) is 24.2. The lowest BCUT2D eigenvalue weighted by atomic mass is 10.0. The van der Waals surface area contributed by atoms with Crippen LogP contribution in [0.25, 0.3) is 28.1 Å². The molecule has 0 spiro atoms. The molecule has 42 heavy (non-hydrogen) atoms. The van der Waals surface area contributed by atoms with Crippen LogP contribution in [-0.2, 0) is 4.79 Å². The second kappa shape index (κ2) is 12.0. The zero-order valence-electron chi connectivity index (χ0n) is 24.2. The first kappa shape index (κ1) is 28.2. The summed E-state index contributed by atoms with van der Waals surface area (Å²) in [6.07, 6.45) is 0. The number of nitrogens with zero attached hydrogens (tertiary/aromatic N) is 3. The highest BCUT2D eigenvalue weighted by Crippen LogP contribution is 2.42. The van der Waals surface area contributed by atoms with E-state index in [0.717, 1.165) is 28.1 Å². The van der Waals surface area contributed by atoms with Crippen LogP contribution in [0.1, 0.15) is 22.8 Å². The Bertz CT molecular complexity index is 1760. The van der Waals surface area contributed by atoms with Gasteiger partial charge in [-0.1, -0.05) is 42.5 Å². The van der Waals surface area contributed by atoms with Crippen molar-refractivity contribution in [2.24, 2.45) is 0 Å². The van der Waals surface area contributed by atoms with Crippen LogP contribution >= 0.6 is 0 Å². The number of benzene rings is 4. The van der Waals surface area contributed by atoms with Crippen molar-refractivity contribution < 1.29 is 19.1 Å². The van der Waals surface area contributed by atoms with Gasteiger partial charge in [-0.2, -0.15) is 9.78 Å². The highest BCUT2D eigenvalue weighted by molar-refractivity contribution is 6.04. The van der Waals surface area contributed by atoms with E-state index in [0.29, 0.717) is 34.1 Å². The van der Waals surface area contributed by atoms with E-state index in [9.17, 15) is 9.59 Å². The molecule has 0 fully saturated rings. The van der Waals surface area contributed by atoms with Crippen molar-refractivity contribution in [1.82, 2.24) is 9.78 Å². The van der Waals surface area contributed by atoms with Gasteiger partial charge in [0.05, 0.1) is 18.4 Å². The highest BCUT2D eigenvalue weighted by atomic mass is 16.5. The Morgan fingerprint density at radius 1 is 0.857 bits per heavy atom. The molecule has 1 amide bonds. The van der Waals surface area contributed by atoms with Gasteiger partial charge in [0.2, 0.25) is 5.88 Å². The number of hydrogen-bond acceptors (Lipinski definition) is 6. The Morgan fingerprint density at radius 3 is 2.29 bits per heavy atom. The number of nitrogens with one attached hydrogen (secondary N) is 1. The Morgan fingerprint density at radius 2 is 1.60 bits per heavy atom.